The van der Waals surface area contributed by atoms with E-state index in [1.165, 1.54) is 19.8 Å². The van der Waals surface area contributed by atoms with Gasteiger partial charge in [0.2, 0.25) is 5.91 Å². The highest BCUT2D eigenvalue weighted by molar-refractivity contribution is 6.10. The molecule has 0 spiro atoms. The Morgan fingerprint density at radius 2 is 2.03 bits per heavy atom. The van der Waals surface area contributed by atoms with E-state index in [2.05, 4.69) is 16.3 Å². The van der Waals surface area contributed by atoms with Gasteiger partial charge in [0.15, 0.2) is 0 Å². The molecule has 2 aromatic rings. The molecular weight excluding hydrogens is 378 g/mol. The van der Waals surface area contributed by atoms with Gasteiger partial charge < -0.3 is 20.7 Å². The molecule has 2 unspecified atom stereocenters. The molecule has 1 saturated heterocycles. The van der Waals surface area contributed by atoms with E-state index in [9.17, 15) is 4.79 Å². The summed E-state index contributed by atoms with van der Waals surface area (Å²) in [5.41, 5.74) is 9.02. The number of carbonyl (C=O) groups is 1. The topological polar surface area (TPSA) is 104 Å². The molecule has 4 N–H and O–H groups in total. The summed E-state index contributed by atoms with van der Waals surface area (Å²) in [7, 11) is 0. The summed E-state index contributed by atoms with van der Waals surface area (Å²) in [6.45, 7) is 4.83. The molecule has 1 aliphatic carbocycles. The fourth-order valence-electron chi connectivity index (χ4n) is 4.50. The maximum absolute atomic E-state index is 11.6. The summed E-state index contributed by atoms with van der Waals surface area (Å²) < 4.78 is 6.37. The van der Waals surface area contributed by atoms with Crippen LogP contribution in [0.1, 0.15) is 50.2 Å². The molecule has 2 fully saturated rings. The van der Waals surface area contributed by atoms with Gasteiger partial charge in [0, 0.05) is 31.4 Å². The lowest BCUT2D eigenvalue weighted by Gasteiger charge is -2.39. The Hall–Kier alpha value is -2.51. The van der Waals surface area contributed by atoms with Crippen LogP contribution in [0.5, 0.6) is 0 Å². The molecule has 2 aliphatic rings. The van der Waals surface area contributed by atoms with Crippen molar-refractivity contribution in [2.24, 2.45) is 5.73 Å². The van der Waals surface area contributed by atoms with Crippen LogP contribution in [0, 0.1) is 12.3 Å². The predicted molar refractivity (Wildman–Crippen MR) is 119 cm³/mol. The molecule has 1 aliphatic heterocycles. The normalized spacial score (nSPS) is 22.4. The van der Waals surface area contributed by atoms with Gasteiger partial charge in [0.25, 0.3) is 0 Å². The number of hydrogen-bond donors (Lipinski definition) is 3. The molecule has 0 radical (unpaired) electrons. The lowest BCUT2D eigenvalue weighted by atomic mass is 10.0. The highest BCUT2D eigenvalue weighted by atomic mass is 16.5. The highest BCUT2D eigenvalue weighted by Crippen LogP contribution is 2.29. The van der Waals surface area contributed by atoms with Crippen molar-refractivity contribution in [3.8, 4) is 0 Å². The molecule has 160 valence electrons. The Morgan fingerprint density at radius 3 is 2.77 bits per heavy atom. The molecule has 4 rings (SSSR count). The number of amides is 1. The second-order valence-electron chi connectivity index (χ2n) is 8.59. The number of piperidine rings is 1. The number of ether oxygens (including phenoxy) is 1. The van der Waals surface area contributed by atoms with Crippen LogP contribution in [0.2, 0.25) is 0 Å². The standard InChI is InChI=1S/C23H31N5O2/c1-14-7-8-20-16(11-14)12-18(22(25)26-15(2)29)23(27-20)28-10-9-19(24)21(13-28)30-17-5-3-4-6-17/h7-8,11-12,17,19,21H,3-6,9-10,13,24H2,1-2H3,(H2,25,26,29). The molecule has 1 aromatic carbocycles. The minimum Gasteiger partial charge on any atom is -0.372 e. The van der Waals surface area contributed by atoms with Crippen LogP contribution in [0.25, 0.3) is 10.9 Å². The van der Waals surface area contributed by atoms with E-state index in [-0.39, 0.29) is 23.9 Å². The van der Waals surface area contributed by atoms with Crippen molar-refractivity contribution in [2.45, 2.75) is 64.2 Å². The summed E-state index contributed by atoms with van der Waals surface area (Å²) in [5, 5.41) is 12.0. The van der Waals surface area contributed by atoms with Gasteiger partial charge in [-0.2, -0.15) is 0 Å². The van der Waals surface area contributed by atoms with E-state index in [1.54, 1.807) is 0 Å². The first-order chi connectivity index (χ1) is 14.4. The van der Waals surface area contributed by atoms with E-state index >= 15 is 0 Å². The Balaban J connectivity index is 1.67. The molecule has 30 heavy (non-hydrogen) atoms. The van der Waals surface area contributed by atoms with E-state index < -0.39 is 0 Å². The first-order valence-corrected chi connectivity index (χ1v) is 10.8. The van der Waals surface area contributed by atoms with Crippen LogP contribution in [0.4, 0.5) is 5.82 Å². The third kappa shape index (κ3) is 4.47. The second kappa shape index (κ2) is 8.70. The monoisotopic (exact) mass is 409 g/mol. The number of hydrogen-bond acceptors (Lipinski definition) is 6. The van der Waals surface area contributed by atoms with E-state index in [0.717, 1.165) is 42.3 Å². The van der Waals surface area contributed by atoms with Gasteiger partial charge in [-0.15, -0.1) is 0 Å². The maximum Gasteiger partial charge on any atom is 0.222 e. The zero-order chi connectivity index (χ0) is 21.3. The number of fused-ring (bicyclic) bond motifs is 1. The van der Waals surface area contributed by atoms with Crippen molar-refractivity contribution < 1.29 is 9.53 Å². The number of pyridine rings is 1. The molecule has 2 heterocycles. The first kappa shape index (κ1) is 20.8. The Morgan fingerprint density at radius 1 is 1.27 bits per heavy atom. The number of aryl methyl sites for hydroxylation is 1. The number of carbonyl (C=O) groups excluding carboxylic acids is 1. The zero-order valence-corrected chi connectivity index (χ0v) is 17.8. The van der Waals surface area contributed by atoms with Gasteiger partial charge in [-0.05, 0) is 44.4 Å². The first-order valence-electron chi connectivity index (χ1n) is 10.8. The third-order valence-electron chi connectivity index (χ3n) is 6.10. The van der Waals surface area contributed by atoms with Gasteiger partial charge in [-0.1, -0.05) is 24.5 Å². The molecule has 1 amide bonds. The van der Waals surface area contributed by atoms with Crippen LogP contribution in [0.15, 0.2) is 24.3 Å². The van der Waals surface area contributed by atoms with E-state index in [0.29, 0.717) is 24.0 Å². The molecule has 7 heteroatoms. The van der Waals surface area contributed by atoms with Gasteiger partial charge in [-0.3, -0.25) is 10.2 Å². The number of aromatic nitrogens is 1. The van der Waals surface area contributed by atoms with Crippen molar-refractivity contribution in [3.05, 3.63) is 35.4 Å². The van der Waals surface area contributed by atoms with Gasteiger partial charge >= 0.3 is 0 Å². The highest BCUT2D eigenvalue weighted by Gasteiger charge is 2.32. The molecular formula is C23H31N5O2. The number of nitrogens with two attached hydrogens (primary N) is 1. The fourth-order valence-corrected chi connectivity index (χ4v) is 4.50. The summed E-state index contributed by atoms with van der Waals surface area (Å²) in [5.74, 6) is 0.506. The number of nitrogens with one attached hydrogen (secondary N) is 2. The fraction of sp³-hybridized carbons (Fsp3) is 0.522. The van der Waals surface area contributed by atoms with Gasteiger partial charge in [0.05, 0.1) is 23.3 Å². The largest absolute Gasteiger partial charge is 0.372 e. The minimum atomic E-state index is -0.265. The van der Waals surface area contributed by atoms with Gasteiger partial charge in [-0.25, -0.2) is 4.98 Å². The summed E-state index contributed by atoms with van der Waals surface area (Å²) >= 11 is 0. The average molecular weight is 410 g/mol. The third-order valence-corrected chi connectivity index (χ3v) is 6.10. The minimum absolute atomic E-state index is 0.00296. The molecule has 0 bridgehead atoms. The summed E-state index contributed by atoms with van der Waals surface area (Å²) in [6.07, 6.45) is 5.70. The van der Waals surface area contributed by atoms with E-state index in [1.807, 2.05) is 25.1 Å². The number of amidine groups is 1. The lowest BCUT2D eigenvalue weighted by molar-refractivity contribution is -0.117. The number of nitrogens with zero attached hydrogens (tertiary/aromatic N) is 2. The zero-order valence-electron chi connectivity index (χ0n) is 17.8. The van der Waals surface area contributed by atoms with Crippen molar-refractivity contribution >= 4 is 28.5 Å². The van der Waals surface area contributed by atoms with E-state index in [4.69, 9.17) is 20.9 Å². The number of rotatable bonds is 4. The number of benzene rings is 1. The molecule has 7 nitrogen and oxygen atoms in total. The van der Waals surface area contributed by atoms with Gasteiger partial charge in [0.1, 0.15) is 11.7 Å². The number of anilines is 1. The molecule has 1 aromatic heterocycles. The van der Waals surface area contributed by atoms with Crippen LogP contribution in [0.3, 0.4) is 0 Å². The SMILES string of the molecule is CC(=O)NC(=N)c1cc2cc(C)ccc2nc1N1CCC(N)C(OC2CCCC2)C1. The predicted octanol–water partition coefficient (Wildman–Crippen LogP) is 2.87. The summed E-state index contributed by atoms with van der Waals surface area (Å²) in [6, 6.07) is 8.04. The summed E-state index contributed by atoms with van der Waals surface area (Å²) in [4.78, 5) is 18.7. The maximum atomic E-state index is 11.6. The molecule has 2 atom stereocenters. The quantitative estimate of drug-likeness (QED) is 0.532. The van der Waals surface area contributed by atoms with Crippen molar-refractivity contribution in [3.63, 3.8) is 0 Å². The van der Waals surface area contributed by atoms with Crippen LogP contribution < -0.4 is 16.0 Å². The second-order valence-corrected chi connectivity index (χ2v) is 8.59. The Labute approximate surface area is 177 Å². The lowest BCUT2D eigenvalue weighted by Crippen LogP contribution is -2.53. The smallest absolute Gasteiger partial charge is 0.222 e. The van der Waals surface area contributed by atoms with Crippen LogP contribution in [-0.2, 0) is 9.53 Å². The van der Waals surface area contributed by atoms with Crippen LogP contribution in [-0.4, -0.2) is 48.1 Å². The van der Waals surface area contributed by atoms with Crippen molar-refractivity contribution in [2.75, 3.05) is 18.0 Å². The Bertz CT molecular complexity index is 954. The average Bonchev–Trinajstić information content (AvgIpc) is 3.21. The van der Waals surface area contributed by atoms with Crippen molar-refractivity contribution in [1.82, 2.24) is 10.3 Å². The van der Waals surface area contributed by atoms with Crippen molar-refractivity contribution in [1.29, 1.82) is 5.41 Å². The Kier molecular flexibility index (Phi) is 6.01. The molecule has 1 saturated carbocycles. The van der Waals surface area contributed by atoms with Crippen LogP contribution >= 0.6 is 0 Å².